The molecule has 0 amide bonds. The van der Waals surface area contributed by atoms with Crippen molar-refractivity contribution in [1.82, 2.24) is 0 Å². The quantitative estimate of drug-likeness (QED) is 0.538. The molecule has 0 unspecified atom stereocenters. The van der Waals surface area contributed by atoms with Gasteiger partial charge in [0.05, 0.1) is 10.6 Å². The summed E-state index contributed by atoms with van der Waals surface area (Å²) in [5, 5.41) is 2.93. The Hall–Kier alpha value is -0.830. The van der Waals surface area contributed by atoms with E-state index in [1.807, 2.05) is 6.92 Å². The maximum atomic E-state index is 12.0. The molecule has 1 aromatic carbocycles. The number of rotatable bonds is 8. The van der Waals surface area contributed by atoms with Crippen LogP contribution in [0.15, 0.2) is 40.0 Å². The van der Waals surface area contributed by atoms with Gasteiger partial charge >= 0.3 is 0 Å². The molecule has 0 bridgehead atoms. The van der Waals surface area contributed by atoms with Gasteiger partial charge in [0, 0.05) is 5.41 Å². The van der Waals surface area contributed by atoms with Gasteiger partial charge in [0.2, 0.25) is 0 Å². The lowest BCUT2D eigenvalue weighted by Gasteiger charge is -2.00. The van der Waals surface area contributed by atoms with Crippen molar-refractivity contribution in [3.63, 3.8) is 0 Å². The van der Waals surface area contributed by atoms with Crippen LogP contribution in [0.25, 0.3) is 0 Å². The third-order valence-corrected chi connectivity index (χ3v) is 5.81. The molecule has 0 radical (unpaired) electrons. The molecule has 20 heavy (non-hydrogen) atoms. The fraction of sp³-hybridized carbons (Fsp3) is 0.333. The highest BCUT2D eigenvalue weighted by molar-refractivity contribution is 8.03. The predicted octanol–water partition coefficient (Wildman–Crippen LogP) is 3.73. The van der Waals surface area contributed by atoms with E-state index in [4.69, 9.17) is 6.42 Å². The molecule has 1 rings (SSSR count). The second-order valence-corrected chi connectivity index (χ2v) is 8.06. The van der Waals surface area contributed by atoms with Crippen molar-refractivity contribution >= 4 is 33.4 Å². The van der Waals surface area contributed by atoms with Crippen LogP contribution in [-0.2, 0) is 9.84 Å². The Labute approximate surface area is 130 Å². The number of aryl methyl sites for hydroxylation is 1. The van der Waals surface area contributed by atoms with E-state index < -0.39 is 9.84 Å². The molecule has 0 spiro atoms. The number of hydrogen-bond acceptors (Lipinski definition) is 4. The zero-order valence-electron chi connectivity index (χ0n) is 11.4. The maximum absolute atomic E-state index is 12.0. The minimum absolute atomic E-state index is 0.338. The van der Waals surface area contributed by atoms with Crippen molar-refractivity contribution in [2.75, 3.05) is 17.3 Å². The minimum Gasteiger partial charge on any atom is -0.219 e. The first-order valence-electron chi connectivity index (χ1n) is 6.17. The lowest BCUT2D eigenvalue weighted by Crippen LogP contribution is -1.95. The topological polar surface area (TPSA) is 34.1 Å². The second kappa shape index (κ2) is 9.17. The molecule has 1 aromatic rings. The van der Waals surface area contributed by atoms with Crippen LogP contribution in [0.2, 0.25) is 0 Å². The lowest BCUT2D eigenvalue weighted by atomic mass is 10.2. The SMILES string of the molecule is C#CCSCCCS/C=C/S(=O)(=O)c1ccc(C)cc1. The van der Waals surface area contributed by atoms with Gasteiger partial charge in [-0.2, -0.15) is 0 Å². The molecule has 0 N–H and O–H groups in total. The fourth-order valence-electron chi connectivity index (χ4n) is 1.36. The second-order valence-electron chi connectivity index (χ2n) is 4.11. The zero-order chi connectivity index (χ0) is 14.8. The van der Waals surface area contributed by atoms with Gasteiger partial charge in [-0.1, -0.05) is 23.6 Å². The van der Waals surface area contributed by atoms with Gasteiger partial charge in [0.15, 0.2) is 9.84 Å². The van der Waals surface area contributed by atoms with Crippen LogP contribution in [0.4, 0.5) is 0 Å². The Morgan fingerprint density at radius 1 is 1.25 bits per heavy atom. The first kappa shape index (κ1) is 17.2. The van der Waals surface area contributed by atoms with Crippen LogP contribution in [0, 0.1) is 19.3 Å². The van der Waals surface area contributed by atoms with Crippen LogP contribution in [-0.4, -0.2) is 25.7 Å². The van der Waals surface area contributed by atoms with E-state index in [1.54, 1.807) is 41.4 Å². The van der Waals surface area contributed by atoms with Gasteiger partial charge < -0.3 is 0 Å². The average molecular weight is 327 g/mol. The average Bonchev–Trinajstić information content (AvgIpc) is 2.42. The highest BCUT2D eigenvalue weighted by Crippen LogP contribution is 2.16. The summed E-state index contributed by atoms with van der Waals surface area (Å²) in [5.41, 5.74) is 1.05. The van der Waals surface area contributed by atoms with Crippen LogP contribution in [0.5, 0.6) is 0 Å². The summed E-state index contributed by atoms with van der Waals surface area (Å²) < 4.78 is 24.0. The Kier molecular flexibility index (Phi) is 7.90. The molecule has 0 fully saturated rings. The van der Waals surface area contributed by atoms with Gasteiger partial charge in [0.25, 0.3) is 0 Å². The molecular weight excluding hydrogens is 308 g/mol. The zero-order valence-corrected chi connectivity index (χ0v) is 13.9. The molecular formula is C15H18O2S3. The van der Waals surface area contributed by atoms with E-state index >= 15 is 0 Å². The normalized spacial score (nSPS) is 11.6. The van der Waals surface area contributed by atoms with E-state index in [2.05, 4.69) is 5.92 Å². The number of sulfone groups is 1. The molecule has 0 aliphatic rings. The van der Waals surface area contributed by atoms with Crippen molar-refractivity contribution < 1.29 is 8.42 Å². The standard InChI is InChI=1S/C15H18O2S3/c1-3-9-18-10-4-11-19-12-13-20(16,17)15-7-5-14(2)6-8-15/h1,5-8,12-13H,4,9-11H2,2H3/b13-12+. The van der Waals surface area contributed by atoms with Crippen molar-refractivity contribution in [1.29, 1.82) is 0 Å². The third-order valence-electron chi connectivity index (χ3n) is 2.42. The van der Waals surface area contributed by atoms with E-state index in [0.717, 1.165) is 29.2 Å². The van der Waals surface area contributed by atoms with Crippen molar-refractivity contribution in [2.24, 2.45) is 0 Å². The molecule has 108 valence electrons. The summed E-state index contributed by atoms with van der Waals surface area (Å²) in [7, 11) is -3.31. The molecule has 0 heterocycles. The highest BCUT2D eigenvalue weighted by Gasteiger charge is 2.08. The number of benzene rings is 1. The van der Waals surface area contributed by atoms with Crippen molar-refractivity contribution in [3.8, 4) is 12.3 Å². The van der Waals surface area contributed by atoms with Gasteiger partial charge in [0.1, 0.15) is 0 Å². The van der Waals surface area contributed by atoms with Crippen LogP contribution >= 0.6 is 23.5 Å². The van der Waals surface area contributed by atoms with E-state index in [0.29, 0.717) is 4.90 Å². The minimum atomic E-state index is -3.31. The lowest BCUT2D eigenvalue weighted by molar-refractivity contribution is 0.604. The van der Waals surface area contributed by atoms with Crippen LogP contribution < -0.4 is 0 Å². The van der Waals surface area contributed by atoms with Crippen LogP contribution in [0.3, 0.4) is 0 Å². The number of thioether (sulfide) groups is 2. The molecule has 0 aliphatic heterocycles. The Balaban J connectivity index is 2.37. The molecule has 2 nitrogen and oxygen atoms in total. The third kappa shape index (κ3) is 6.56. The Morgan fingerprint density at radius 3 is 2.60 bits per heavy atom. The smallest absolute Gasteiger partial charge is 0.200 e. The first-order chi connectivity index (χ1) is 9.56. The van der Waals surface area contributed by atoms with Gasteiger partial charge in [-0.05, 0) is 42.4 Å². The van der Waals surface area contributed by atoms with E-state index in [1.165, 1.54) is 17.2 Å². The molecule has 0 aromatic heterocycles. The predicted molar refractivity (Wildman–Crippen MR) is 90.7 cm³/mol. The Morgan fingerprint density at radius 2 is 1.95 bits per heavy atom. The number of hydrogen-bond donors (Lipinski definition) is 0. The summed E-state index contributed by atoms with van der Waals surface area (Å²) in [6.07, 6.45) is 6.17. The Bertz CT molecular complexity index is 566. The summed E-state index contributed by atoms with van der Waals surface area (Å²) >= 11 is 3.23. The number of terminal acetylenes is 1. The first-order valence-corrected chi connectivity index (χ1v) is 9.92. The summed E-state index contributed by atoms with van der Waals surface area (Å²) in [5.74, 6) is 5.22. The van der Waals surface area contributed by atoms with Crippen molar-refractivity contribution in [2.45, 2.75) is 18.2 Å². The van der Waals surface area contributed by atoms with Gasteiger partial charge in [-0.15, -0.1) is 29.9 Å². The summed E-state index contributed by atoms with van der Waals surface area (Å²) in [6, 6.07) is 6.87. The molecule has 5 heteroatoms. The molecule has 0 saturated carbocycles. The van der Waals surface area contributed by atoms with Gasteiger partial charge in [-0.3, -0.25) is 0 Å². The molecule has 0 atom stereocenters. The van der Waals surface area contributed by atoms with E-state index in [-0.39, 0.29) is 0 Å². The fourth-order valence-corrected chi connectivity index (χ4v) is 4.17. The largest absolute Gasteiger partial charge is 0.219 e. The van der Waals surface area contributed by atoms with E-state index in [9.17, 15) is 8.42 Å². The molecule has 0 saturated heterocycles. The monoisotopic (exact) mass is 326 g/mol. The molecule has 0 aliphatic carbocycles. The van der Waals surface area contributed by atoms with Gasteiger partial charge in [-0.25, -0.2) is 8.42 Å². The highest BCUT2D eigenvalue weighted by atomic mass is 32.2. The summed E-state index contributed by atoms with van der Waals surface area (Å²) in [4.78, 5) is 0.338. The van der Waals surface area contributed by atoms with Crippen LogP contribution in [0.1, 0.15) is 12.0 Å². The van der Waals surface area contributed by atoms with Crippen molar-refractivity contribution in [3.05, 3.63) is 40.6 Å². The maximum Gasteiger partial charge on any atom is 0.200 e. The summed E-state index contributed by atoms with van der Waals surface area (Å²) in [6.45, 7) is 1.93.